The summed E-state index contributed by atoms with van der Waals surface area (Å²) in [6, 6.07) is 0. The quantitative estimate of drug-likeness (QED) is 0.637. The van der Waals surface area contributed by atoms with Gasteiger partial charge < -0.3 is 5.11 Å². The first-order valence-electron chi connectivity index (χ1n) is 4.30. The number of ether oxygens (including phenoxy) is 1. The summed E-state index contributed by atoms with van der Waals surface area (Å²) in [5.41, 5.74) is -1.69. The Morgan fingerprint density at radius 1 is 1.17 bits per heavy atom. The van der Waals surface area contributed by atoms with Crippen molar-refractivity contribution >= 4 is 5.97 Å². The van der Waals surface area contributed by atoms with E-state index in [2.05, 4.69) is 4.74 Å². The molecule has 0 aromatic rings. The molecule has 0 rings (SSSR count). The Hall–Kier alpha value is -1.32. The van der Waals surface area contributed by atoms with Gasteiger partial charge in [0.25, 0.3) is 0 Å². The third-order valence-corrected chi connectivity index (χ3v) is 1.71. The van der Waals surface area contributed by atoms with Crippen molar-refractivity contribution in [3.8, 4) is 0 Å². The number of aliphatic carboxylic acids is 1. The molecule has 0 aliphatic heterocycles. The van der Waals surface area contributed by atoms with Crippen LogP contribution in [0.5, 0.6) is 0 Å². The van der Waals surface area contributed by atoms with Crippen LogP contribution < -0.4 is 0 Å². The summed E-state index contributed by atoms with van der Waals surface area (Å²) in [7, 11) is 0. The standard InChI is InChI=1S/C8H7F7O3/c1-2-4(3-5(16)17)6(9,7(10,11)12)18-8(13,14)15/h3H,2H2,1H3,(H,16,17)/b4-3+. The minimum atomic E-state index is -6.07. The molecule has 0 saturated carbocycles. The van der Waals surface area contributed by atoms with E-state index in [0.29, 0.717) is 0 Å². The normalized spacial score (nSPS) is 17.4. The van der Waals surface area contributed by atoms with Gasteiger partial charge in [0.2, 0.25) is 0 Å². The highest BCUT2D eigenvalue weighted by atomic mass is 19.4. The van der Waals surface area contributed by atoms with E-state index in [1.165, 1.54) is 0 Å². The van der Waals surface area contributed by atoms with Gasteiger partial charge in [0.15, 0.2) is 0 Å². The number of carboxylic acids is 1. The van der Waals surface area contributed by atoms with Gasteiger partial charge in [-0.05, 0) is 6.42 Å². The summed E-state index contributed by atoms with van der Waals surface area (Å²) < 4.78 is 88.0. The van der Waals surface area contributed by atoms with Crippen molar-refractivity contribution in [1.82, 2.24) is 0 Å². The van der Waals surface area contributed by atoms with Crippen molar-refractivity contribution in [2.75, 3.05) is 0 Å². The van der Waals surface area contributed by atoms with Gasteiger partial charge in [-0.25, -0.2) is 9.53 Å². The number of hydrogen-bond acceptors (Lipinski definition) is 2. The average molecular weight is 284 g/mol. The molecule has 0 bridgehead atoms. The lowest BCUT2D eigenvalue weighted by Gasteiger charge is -2.30. The number of hydrogen-bond donors (Lipinski definition) is 1. The van der Waals surface area contributed by atoms with Crippen molar-refractivity contribution in [2.24, 2.45) is 0 Å². The van der Waals surface area contributed by atoms with E-state index in [0.717, 1.165) is 6.92 Å². The smallest absolute Gasteiger partial charge is 0.478 e. The average Bonchev–Trinajstić information content (AvgIpc) is 2.08. The molecule has 10 heteroatoms. The molecule has 1 atom stereocenters. The van der Waals surface area contributed by atoms with Crippen molar-refractivity contribution in [3.63, 3.8) is 0 Å². The second-order valence-electron chi connectivity index (χ2n) is 3.00. The van der Waals surface area contributed by atoms with E-state index in [9.17, 15) is 35.5 Å². The van der Waals surface area contributed by atoms with E-state index in [1.807, 2.05) is 0 Å². The Labute approximate surface area is 95.8 Å². The highest BCUT2D eigenvalue weighted by Crippen LogP contribution is 2.45. The second-order valence-corrected chi connectivity index (χ2v) is 3.00. The highest BCUT2D eigenvalue weighted by molar-refractivity contribution is 5.81. The molecule has 0 aromatic heterocycles. The number of carboxylic acid groups (broad SMARTS) is 1. The summed E-state index contributed by atoms with van der Waals surface area (Å²) in [5.74, 6) is -7.25. The number of rotatable bonds is 4. The van der Waals surface area contributed by atoms with Crippen LogP contribution in [0, 0.1) is 0 Å². The van der Waals surface area contributed by atoms with Crippen molar-refractivity contribution in [3.05, 3.63) is 11.6 Å². The van der Waals surface area contributed by atoms with Gasteiger partial charge in [-0.3, -0.25) is 0 Å². The fourth-order valence-corrected chi connectivity index (χ4v) is 1.04. The molecular weight excluding hydrogens is 277 g/mol. The van der Waals surface area contributed by atoms with Crippen LogP contribution >= 0.6 is 0 Å². The molecule has 0 aromatic carbocycles. The molecule has 0 saturated heterocycles. The van der Waals surface area contributed by atoms with Gasteiger partial charge in [-0.2, -0.15) is 17.6 Å². The first-order valence-corrected chi connectivity index (χ1v) is 4.30. The minimum absolute atomic E-state index is 0.306. The van der Waals surface area contributed by atoms with Gasteiger partial charge in [0.1, 0.15) is 0 Å². The predicted molar refractivity (Wildman–Crippen MR) is 43.0 cm³/mol. The molecule has 0 amide bonds. The fourth-order valence-electron chi connectivity index (χ4n) is 1.04. The van der Waals surface area contributed by atoms with Crippen LogP contribution in [0.3, 0.4) is 0 Å². The van der Waals surface area contributed by atoms with Crippen molar-refractivity contribution < 1.29 is 45.4 Å². The van der Waals surface area contributed by atoms with E-state index in [-0.39, 0.29) is 6.08 Å². The number of halogens is 7. The van der Waals surface area contributed by atoms with E-state index in [1.54, 1.807) is 0 Å². The Morgan fingerprint density at radius 3 is 1.83 bits per heavy atom. The van der Waals surface area contributed by atoms with E-state index >= 15 is 0 Å². The first kappa shape index (κ1) is 16.7. The van der Waals surface area contributed by atoms with Gasteiger partial charge in [-0.1, -0.05) is 6.92 Å². The number of alkyl halides is 7. The fraction of sp³-hybridized carbons (Fsp3) is 0.625. The number of carbonyl (C=O) groups is 1. The van der Waals surface area contributed by atoms with Gasteiger partial charge >= 0.3 is 24.4 Å². The van der Waals surface area contributed by atoms with Crippen LogP contribution in [0.2, 0.25) is 0 Å². The Bertz CT molecular complexity index is 344. The molecule has 0 spiro atoms. The minimum Gasteiger partial charge on any atom is -0.478 e. The summed E-state index contributed by atoms with van der Waals surface area (Å²) in [6.07, 6.45) is -13.2. The molecule has 0 heterocycles. The van der Waals surface area contributed by atoms with Crippen LogP contribution in [0.4, 0.5) is 30.7 Å². The zero-order valence-corrected chi connectivity index (χ0v) is 8.69. The van der Waals surface area contributed by atoms with Crippen molar-refractivity contribution in [1.29, 1.82) is 0 Å². The van der Waals surface area contributed by atoms with Crippen LogP contribution in [-0.4, -0.2) is 29.5 Å². The lowest BCUT2D eigenvalue weighted by atomic mass is 10.0. The summed E-state index contributed by atoms with van der Waals surface area (Å²) in [5, 5.41) is 8.20. The second kappa shape index (κ2) is 5.12. The maximum Gasteiger partial charge on any atom is 0.525 e. The maximum atomic E-state index is 13.4. The third-order valence-electron chi connectivity index (χ3n) is 1.71. The lowest BCUT2D eigenvalue weighted by molar-refractivity contribution is -0.436. The predicted octanol–water partition coefficient (Wildman–Crippen LogP) is 3.17. The summed E-state index contributed by atoms with van der Waals surface area (Å²) in [4.78, 5) is 10.2. The molecule has 0 fully saturated rings. The lowest BCUT2D eigenvalue weighted by Crippen LogP contribution is -2.48. The Balaban J connectivity index is 5.68. The van der Waals surface area contributed by atoms with Crippen molar-refractivity contribution in [2.45, 2.75) is 31.7 Å². The molecule has 18 heavy (non-hydrogen) atoms. The molecule has 1 N–H and O–H groups in total. The summed E-state index contributed by atoms with van der Waals surface area (Å²) >= 11 is 0. The zero-order valence-electron chi connectivity index (χ0n) is 8.69. The van der Waals surface area contributed by atoms with Gasteiger partial charge in [0, 0.05) is 11.6 Å². The Kier molecular flexibility index (Phi) is 4.75. The SMILES string of the molecule is CC/C(=C\C(=O)O)C(F)(OC(F)(F)F)C(F)(F)F. The molecule has 3 nitrogen and oxygen atoms in total. The van der Waals surface area contributed by atoms with Gasteiger partial charge in [-0.15, -0.1) is 13.2 Å². The van der Waals surface area contributed by atoms with E-state index in [4.69, 9.17) is 5.11 Å². The molecule has 106 valence electrons. The van der Waals surface area contributed by atoms with E-state index < -0.39 is 36.4 Å². The molecule has 0 aliphatic rings. The third kappa shape index (κ3) is 4.17. The molecule has 0 aliphatic carbocycles. The molecule has 1 unspecified atom stereocenters. The molecular formula is C8H7F7O3. The molecule has 0 radical (unpaired) electrons. The topological polar surface area (TPSA) is 46.5 Å². The zero-order chi connectivity index (χ0) is 14.8. The van der Waals surface area contributed by atoms with Crippen LogP contribution in [-0.2, 0) is 9.53 Å². The summed E-state index contributed by atoms with van der Waals surface area (Å²) in [6.45, 7) is 0.856. The largest absolute Gasteiger partial charge is 0.525 e. The Morgan fingerprint density at radius 2 is 1.61 bits per heavy atom. The first-order chi connectivity index (χ1) is 7.83. The van der Waals surface area contributed by atoms with Crippen LogP contribution in [0.1, 0.15) is 13.3 Å². The highest BCUT2D eigenvalue weighted by Gasteiger charge is 2.64. The monoisotopic (exact) mass is 284 g/mol. The van der Waals surface area contributed by atoms with Gasteiger partial charge in [0.05, 0.1) is 0 Å². The maximum absolute atomic E-state index is 13.4. The van der Waals surface area contributed by atoms with Crippen LogP contribution in [0.25, 0.3) is 0 Å². The van der Waals surface area contributed by atoms with Crippen LogP contribution in [0.15, 0.2) is 11.6 Å².